The van der Waals surface area contributed by atoms with E-state index in [1.54, 1.807) is 12.3 Å². The van der Waals surface area contributed by atoms with E-state index >= 15 is 0 Å². The fourth-order valence-electron chi connectivity index (χ4n) is 3.58. The molecule has 172 valence electrons. The number of nitrogens with zero attached hydrogens (tertiary/aromatic N) is 2. The number of amides is 1. The number of aromatic nitrogens is 1. The predicted molar refractivity (Wildman–Crippen MR) is 141 cm³/mol. The van der Waals surface area contributed by atoms with Crippen LogP contribution >= 0.6 is 46.7 Å². The van der Waals surface area contributed by atoms with E-state index in [1.807, 2.05) is 72.3 Å². The average molecular weight is 521 g/mol. The minimum atomic E-state index is -0.330. The monoisotopic (exact) mass is 519 g/mol. The van der Waals surface area contributed by atoms with Crippen molar-refractivity contribution in [1.29, 1.82) is 0 Å². The van der Waals surface area contributed by atoms with Crippen LogP contribution in [0.4, 0.5) is 0 Å². The van der Waals surface area contributed by atoms with E-state index in [1.165, 1.54) is 17.1 Å². The van der Waals surface area contributed by atoms with Crippen molar-refractivity contribution in [2.24, 2.45) is 5.10 Å². The van der Waals surface area contributed by atoms with Crippen molar-refractivity contribution in [2.75, 3.05) is 18.1 Å². The zero-order chi connectivity index (χ0) is 23.4. The molecular weight excluding hydrogens is 497 g/mol. The maximum absolute atomic E-state index is 12.1. The van der Waals surface area contributed by atoms with E-state index in [0.717, 1.165) is 22.6 Å². The van der Waals surface area contributed by atoms with Gasteiger partial charge >= 0.3 is 0 Å². The van der Waals surface area contributed by atoms with Crippen molar-refractivity contribution in [1.82, 2.24) is 9.99 Å². The number of thioether (sulfide) groups is 2. The summed E-state index contributed by atoms with van der Waals surface area (Å²) in [4.78, 5) is 12.1. The first-order valence-corrected chi connectivity index (χ1v) is 13.2. The first-order chi connectivity index (χ1) is 15.9. The van der Waals surface area contributed by atoms with E-state index in [4.69, 9.17) is 27.9 Å². The Hall–Kier alpha value is -2.06. The SMILES string of the molecule is Cc1cc(/C=N\NC(=O)COc2ccc(C3SCCS3)cc2)c(C)n1-c1cccc(Cl)c1Cl. The van der Waals surface area contributed by atoms with Gasteiger partial charge in [-0.1, -0.05) is 41.4 Å². The van der Waals surface area contributed by atoms with E-state index < -0.39 is 0 Å². The van der Waals surface area contributed by atoms with E-state index in [-0.39, 0.29) is 12.5 Å². The van der Waals surface area contributed by atoms with Crippen molar-refractivity contribution < 1.29 is 9.53 Å². The van der Waals surface area contributed by atoms with Gasteiger partial charge in [-0.15, -0.1) is 23.5 Å². The molecule has 0 radical (unpaired) electrons. The van der Waals surface area contributed by atoms with Crippen LogP contribution in [0.15, 0.2) is 53.6 Å². The highest BCUT2D eigenvalue weighted by Gasteiger charge is 2.18. The Labute approximate surface area is 211 Å². The number of benzene rings is 2. The first-order valence-electron chi connectivity index (χ1n) is 10.3. The van der Waals surface area contributed by atoms with Gasteiger partial charge in [-0.05, 0) is 49.7 Å². The van der Waals surface area contributed by atoms with Gasteiger partial charge in [0.2, 0.25) is 0 Å². The van der Waals surface area contributed by atoms with Crippen molar-refractivity contribution in [2.45, 2.75) is 18.4 Å². The van der Waals surface area contributed by atoms with Crippen molar-refractivity contribution in [3.8, 4) is 11.4 Å². The molecule has 0 unspecified atom stereocenters. The Kier molecular flexibility index (Phi) is 7.96. The summed E-state index contributed by atoms with van der Waals surface area (Å²) in [5, 5.41) is 5.07. The number of rotatable bonds is 7. The average Bonchev–Trinajstić information content (AvgIpc) is 3.44. The molecule has 1 N–H and O–H groups in total. The number of hydrogen-bond donors (Lipinski definition) is 1. The normalized spacial score (nSPS) is 14.2. The number of hydrazone groups is 1. The van der Waals surface area contributed by atoms with Gasteiger partial charge in [-0.2, -0.15) is 5.10 Å². The standard InChI is InChI=1S/C24H23Cl2N3O2S2/c1-15-12-18(16(2)29(15)21-5-3-4-20(25)23(21)26)13-27-28-22(30)14-31-19-8-6-17(7-9-19)24-32-10-11-33-24/h3-9,12-13,24H,10-11,14H2,1-2H3,(H,28,30)/b27-13-. The Bertz CT molecular complexity index is 1170. The highest BCUT2D eigenvalue weighted by Crippen LogP contribution is 2.45. The molecule has 33 heavy (non-hydrogen) atoms. The van der Waals surface area contributed by atoms with Gasteiger partial charge in [0.05, 0.1) is 26.5 Å². The highest BCUT2D eigenvalue weighted by atomic mass is 35.5. The summed E-state index contributed by atoms with van der Waals surface area (Å²) >= 11 is 16.5. The first kappa shape index (κ1) is 24.1. The summed E-state index contributed by atoms with van der Waals surface area (Å²) in [7, 11) is 0. The molecule has 1 fully saturated rings. The molecular formula is C24H23Cl2N3O2S2. The molecule has 3 aromatic rings. The molecule has 0 saturated carbocycles. The molecule has 1 aromatic heterocycles. The highest BCUT2D eigenvalue weighted by molar-refractivity contribution is 8.19. The number of halogens is 2. The Morgan fingerprint density at radius 1 is 1.18 bits per heavy atom. The predicted octanol–water partition coefficient (Wildman–Crippen LogP) is 6.41. The summed E-state index contributed by atoms with van der Waals surface area (Å²) in [5.74, 6) is 2.70. The summed E-state index contributed by atoms with van der Waals surface area (Å²) < 4.78 is 8.09. The Morgan fingerprint density at radius 2 is 1.91 bits per heavy atom. The molecule has 1 saturated heterocycles. The van der Waals surface area contributed by atoms with E-state index in [2.05, 4.69) is 22.7 Å². The number of nitrogens with one attached hydrogen (secondary N) is 1. The summed E-state index contributed by atoms with van der Waals surface area (Å²) in [6, 6.07) is 15.4. The second kappa shape index (κ2) is 10.9. The van der Waals surface area contributed by atoms with E-state index in [0.29, 0.717) is 20.4 Å². The summed E-state index contributed by atoms with van der Waals surface area (Å²) in [6.07, 6.45) is 1.61. The molecule has 0 bridgehead atoms. The number of carbonyl (C=O) groups excluding carboxylic acids is 1. The van der Waals surface area contributed by atoms with Crippen LogP contribution in [0.5, 0.6) is 5.75 Å². The molecule has 4 rings (SSSR count). The molecule has 0 spiro atoms. The second-order valence-corrected chi connectivity index (χ2v) is 11.0. The lowest BCUT2D eigenvalue weighted by molar-refractivity contribution is -0.123. The van der Waals surface area contributed by atoms with Gasteiger partial charge in [0, 0.05) is 28.5 Å². The van der Waals surface area contributed by atoms with Crippen LogP contribution in [0.25, 0.3) is 5.69 Å². The molecule has 2 aromatic carbocycles. The van der Waals surface area contributed by atoms with Crippen molar-refractivity contribution >= 4 is 58.8 Å². The third-order valence-corrected chi connectivity index (χ3v) is 9.09. The number of ether oxygens (including phenoxy) is 1. The molecule has 0 atom stereocenters. The quantitative estimate of drug-likeness (QED) is 0.289. The molecule has 1 aliphatic rings. The minimum absolute atomic E-state index is 0.110. The van der Waals surface area contributed by atoms with Crippen LogP contribution in [0.2, 0.25) is 10.0 Å². The second-order valence-electron chi connectivity index (χ2n) is 7.46. The van der Waals surface area contributed by atoms with Gasteiger partial charge in [0.15, 0.2) is 6.61 Å². The largest absolute Gasteiger partial charge is 0.484 e. The van der Waals surface area contributed by atoms with Crippen molar-refractivity contribution in [3.63, 3.8) is 0 Å². The smallest absolute Gasteiger partial charge is 0.277 e. The fourth-order valence-corrected chi connectivity index (χ4v) is 6.82. The van der Waals surface area contributed by atoms with Gasteiger partial charge in [-0.3, -0.25) is 4.79 Å². The maximum atomic E-state index is 12.1. The third kappa shape index (κ3) is 5.72. The van der Waals surface area contributed by atoms with Crippen LogP contribution in [0.3, 0.4) is 0 Å². The van der Waals surface area contributed by atoms with Crippen LogP contribution in [0, 0.1) is 13.8 Å². The van der Waals surface area contributed by atoms with Crippen LogP contribution in [-0.4, -0.2) is 34.8 Å². The van der Waals surface area contributed by atoms with Crippen LogP contribution in [-0.2, 0) is 4.79 Å². The number of aryl methyl sites for hydroxylation is 1. The van der Waals surface area contributed by atoms with Crippen LogP contribution < -0.4 is 10.2 Å². The van der Waals surface area contributed by atoms with Gasteiger partial charge in [0.1, 0.15) is 5.75 Å². The number of hydrogen-bond acceptors (Lipinski definition) is 5. The van der Waals surface area contributed by atoms with E-state index in [9.17, 15) is 4.79 Å². The topological polar surface area (TPSA) is 55.6 Å². The molecule has 1 amide bonds. The third-order valence-electron chi connectivity index (χ3n) is 5.18. The van der Waals surface area contributed by atoms with Gasteiger partial charge in [-0.25, -0.2) is 5.43 Å². The summed E-state index contributed by atoms with van der Waals surface area (Å²) in [6.45, 7) is 3.83. The lowest BCUT2D eigenvalue weighted by atomic mass is 10.2. The van der Waals surface area contributed by atoms with Crippen molar-refractivity contribution in [3.05, 3.63) is 81.1 Å². The zero-order valence-corrected chi connectivity index (χ0v) is 21.3. The maximum Gasteiger partial charge on any atom is 0.277 e. The molecule has 9 heteroatoms. The van der Waals surface area contributed by atoms with Gasteiger partial charge in [0.25, 0.3) is 5.91 Å². The van der Waals surface area contributed by atoms with Gasteiger partial charge < -0.3 is 9.30 Å². The minimum Gasteiger partial charge on any atom is -0.484 e. The lowest BCUT2D eigenvalue weighted by Crippen LogP contribution is -2.24. The molecule has 2 heterocycles. The lowest BCUT2D eigenvalue weighted by Gasteiger charge is -2.12. The fraction of sp³-hybridized carbons (Fsp3) is 0.250. The molecule has 1 aliphatic heterocycles. The number of carbonyl (C=O) groups is 1. The Balaban J connectivity index is 1.33. The molecule has 0 aliphatic carbocycles. The Morgan fingerprint density at radius 3 is 2.64 bits per heavy atom. The summed E-state index contributed by atoms with van der Waals surface area (Å²) in [5.41, 5.74) is 7.37. The molecule has 5 nitrogen and oxygen atoms in total. The van der Waals surface area contributed by atoms with Crippen LogP contribution in [0.1, 0.15) is 27.1 Å². The zero-order valence-electron chi connectivity index (χ0n) is 18.2.